The molecule has 8 heteroatoms. The molecule has 1 aromatic rings. The Hall–Kier alpha value is -1.41. The summed E-state index contributed by atoms with van der Waals surface area (Å²) in [4.78, 5) is 11.8. The third-order valence-corrected chi connectivity index (χ3v) is 4.74. The van der Waals surface area contributed by atoms with Crippen LogP contribution in [0.4, 0.5) is 0 Å². The number of carbonyl (C=O) groups is 1. The molecule has 0 bridgehead atoms. The maximum atomic E-state index is 12.6. The number of carbonyl (C=O) groups excluding carboxylic acids is 1. The van der Waals surface area contributed by atoms with E-state index in [1.807, 2.05) is 6.92 Å². The molecule has 1 rings (SSSR count). The van der Waals surface area contributed by atoms with Crippen LogP contribution in [-0.2, 0) is 14.8 Å². The largest absolute Gasteiger partial charge is 0.462 e. The lowest BCUT2D eigenvalue weighted by atomic mass is 10.4. The van der Waals surface area contributed by atoms with Gasteiger partial charge in [-0.05, 0) is 27.2 Å². The van der Waals surface area contributed by atoms with Gasteiger partial charge in [0, 0.05) is 12.6 Å². The van der Waals surface area contributed by atoms with E-state index in [0.29, 0.717) is 13.0 Å². The van der Waals surface area contributed by atoms with Crippen molar-refractivity contribution in [2.24, 2.45) is 0 Å². The number of aromatic amines is 1. The number of ether oxygens (including phenoxy) is 1. The zero-order valence-corrected chi connectivity index (χ0v) is 13.0. The van der Waals surface area contributed by atoms with E-state index in [-0.39, 0.29) is 23.2 Å². The van der Waals surface area contributed by atoms with Crippen LogP contribution in [0.25, 0.3) is 0 Å². The van der Waals surface area contributed by atoms with Crippen LogP contribution in [0.2, 0.25) is 0 Å². The molecule has 0 aliphatic heterocycles. The van der Waals surface area contributed by atoms with E-state index in [1.54, 1.807) is 20.8 Å². The molecule has 1 heterocycles. The molecule has 20 heavy (non-hydrogen) atoms. The molecule has 0 aliphatic rings. The Morgan fingerprint density at radius 2 is 2.10 bits per heavy atom. The Morgan fingerprint density at radius 1 is 1.45 bits per heavy atom. The van der Waals surface area contributed by atoms with Crippen molar-refractivity contribution in [3.8, 4) is 0 Å². The minimum absolute atomic E-state index is 0.0615. The van der Waals surface area contributed by atoms with E-state index in [0.717, 1.165) is 0 Å². The number of hydrogen-bond acceptors (Lipinski definition) is 5. The van der Waals surface area contributed by atoms with E-state index in [4.69, 9.17) is 4.74 Å². The molecule has 0 radical (unpaired) electrons. The van der Waals surface area contributed by atoms with Gasteiger partial charge in [0.1, 0.15) is 5.56 Å². The molecule has 1 N–H and O–H groups in total. The number of nitrogens with one attached hydrogen (secondary N) is 1. The lowest BCUT2D eigenvalue weighted by molar-refractivity contribution is 0.0521. The van der Waals surface area contributed by atoms with Gasteiger partial charge in [0.2, 0.25) is 0 Å². The summed E-state index contributed by atoms with van der Waals surface area (Å²) in [5, 5.41) is 5.85. The second-order valence-corrected chi connectivity index (χ2v) is 6.37. The minimum Gasteiger partial charge on any atom is -0.462 e. The van der Waals surface area contributed by atoms with Gasteiger partial charge >= 0.3 is 5.97 Å². The fourth-order valence-electron chi connectivity index (χ4n) is 1.82. The van der Waals surface area contributed by atoms with Crippen molar-refractivity contribution >= 4 is 16.0 Å². The Kier molecular flexibility index (Phi) is 5.70. The smallest absolute Gasteiger partial charge is 0.342 e. The summed E-state index contributed by atoms with van der Waals surface area (Å²) in [6, 6.07) is -0.210. The standard InChI is InChI=1S/C12H21N3O4S/c1-5-7-15(9(3)4)20(17,18)11-10(8-13-14-11)12(16)19-6-2/h8-9H,5-7H2,1-4H3,(H,13,14). The van der Waals surface area contributed by atoms with E-state index >= 15 is 0 Å². The van der Waals surface area contributed by atoms with Gasteiger partial charge in [-0.3, -0.25) is 5.10 Å². The highest BCUT2D eigenvalue weighted by molar-refractivity contribution is 7.89. The molecule has 0 aliphatic carbocycles. The number of rotatable bonds is 7. The molecule has 7 nitrogen and oxygen atoms in total. The molecular weight excluding hydrogens is 282 g/mol. The monoisotopic (exact) mass is 303 g/mol. The van der Waals surface area contributed by atoms with Crippen molar-refractivity contribution in [2.75, 3.05) is 13.2 Å². The number of aromatic nitrogens is 2. The SMILES string of the molecule is CCCN(C(C)C)S(=O)(=O)c1[nH]ncc1C(=O)OCC. The molecule has 0 saturated heterocycles. The first-order valence-corrected chi connectivity index (χ1v) is 8.02. The summed E-state index contributed by atoms with van der Waals surface area (Å²) in [6.45, 7) is 7.67. The topological polar surface area (TPSA) is 92.4 Å². The quantitative estimate of drug-likeness (QED) is 0.769. The zero-order chi connectivity index (χ0) is 15.3. The summed E-state index contributed by atoms with van der Waals surface area (Å²) < 4.78 is 31.4. The van der Waals surface area contributed by atoms with Crippen molar-refractivity contribution in [3.05, 3.63) is 11.8 Å². The van der Waals surface area contributed by atoms with Crippen molar-refractivity contribution in [3.63, 3.8) is 0 Å². The van der Waals surface area contributed by atoms with Crippen LogP contribution >= 0.6 is 0 Å². The van der Waals surface area contributed by atoms with Crippen LogP contribution < -0.4 is 0 Å². The lowest BCUT2D eigenvalue weighted by Crippen LogP contribution is -2.38. The van der Waals surface area contributed by atoms with Crippen LogP contribution in [-0.4, -0.2) is 48.1 Å². The Morgan fingerprint density at radius 3 is 2.60 bits per heavy atom. The maximum absolute atomic E-state index is 12.6. The summed E-state index contributed by atoms with van der Waals surface area (Å²) in [6.07, 6.45) is 1.86. The molecule has 0 atom stereocenters. The summed E-state index contributed by atoms with van der Waals surface area (Å²) in [5.41, 5.74) is -0.0615. The second-order valence-electron chi connectivity index (χ2n) is 4.54. The molecule has 0 fully saturated rings. The predicted molar refractivity (Wildman–Crippen MR) is 73.9 cm³/mol. The first-order valence-electron chi connectivity index (χ1n) is 6.58. The number of H-pyrrole nitrogens is 1. The highest BCUT2D eigenvalue weighted by atomic mass is 32.2. The van der Waals surface area contributed by atoms with Crippen LogP contribution in [0.1, 0.15) is 44.5 Å². The van der Waals surface area contributed by atoms with E-state index in [9.17, 15) is 13.2 Å². The average Bonchev–Trinajstić information content (AvgIpc) is 2.85. The highest BCUT2D eigenvalue weighted by Gasteiger charge is 2.32. The first-order chi connectivity index (χ1) is 9.36. The summed E-state index contributed by atoms with van der Waals surface area (Å²) in [7, 11) is -3.80. The first kappa shape index (κ1) is 16.6. The van der Waals surface area contributed by atoms with Gasteiger partial charge < -0.3 is 4.74 Å². The molecular formula is C12H21N3O4S. The van der Waals surface area contributed by atoms with E-state index < -0.39 is 16.0 Å². The van der Waals surface area contributed by atoms with Crippen molar-refractivity contribution < 1.29 is 17.9 Å². The fraction of sp³-hybridized carbons (Fsp3) is 0.667. The van der Waals surface area contributed by atoms with Gasteiger partial charge in [0.15, 0.2) is 5.03 Å². The van der Waals surface area contributed by atoms with E-state index in [2.05, 4.69) is 10.2 Å². The van der Waals surface area contributed by atoms with Crippen molar-refractivity contribution in [2.45, 2.75) is 45.2 Å². The number of nitrogens with zero attached hydrogens (tertiary/aromatic N) is 2. The Bertz CT molecular complexity index is 551. The molecule has 0 amide bonds. The van der Waals surface area contributed by atoms with Crippen LogP contribution in [0.5, 0.6) is 0 Å². The zero-order valence-electron chi connectivity index (χ0n) is 12.2. The van der Waals surface area contributed by atoms with Gasteiger partial charge in [-0.1, -0.05) is 6.92 Å². The van der Waals surface area contributed by atoms with Crippen molar-refractivity contribution in [1.29, 1.82) is 0 Å². The molecule has 0 aromatic carbocycles. The average molecular weight is 303 g/mol. The van der Waals surface area contributed by atoms with Gasteiger partial charge in [0.25, 0.3) is 10.0 Å². The molecule has 1 aromatic heterocycles. The maximum Gasteiger partial charge on any atom is 0.342 e. The summed E-state index contributed by atoms with van der Waals surface area (Å²) in [5.74, 6) is -0.694. The van der Waals surface area contributed by atoms with E-state index in [1.165, 1.54) is 10.5 Å². The Balaban J connectivity index is 3.22. The number of esters is 1. The second kappa shape index (κ2) is 6.85. The third kappa shape index (κ3) is 3.37. The minimum atomic E-state index is -3.80. The van der Waals surface area contributed by atoms with Crippen molar-refractivity contribution in [1.82, 2.24) is 14.5 Å². The predicted octanol–water partition coefficient (Wildman–Crippen LogP) is 1.40. The third-order valence-electron chi connectivity index (χ3n) is 2.69. The number of hydrogen-bond donors (Lipinski definition) is 1. The lowest BCUT2D eigenvalue weighted by Gasteiger charge is -2.24. The number of sulfonamides is 1. The van der Waals surface area contributed by atoms with Gasteiger partial charge in [-0.15, -0.1) is 0 Å². The van der Waals surface area contributed by atoms with Crippen LogP contribution in [0.3, 0.4) is 0 Å². The normalized spacial score (nSPS) is 12.1. The van der Waals surface area contributed by atoms with Gasteiger partial charge in [-0.25, -0.2) is 13.2 Å². The molecule has 0 saturated carbocycles. The van der Waals surface area contributed by atoms with Gasteiger partial charge in [0.05, 0.1) is 12.8 Å². The molecule has 0 spiro atoms. The molecule has 114 valence electrons. The highest BCUT2D eigenvalue weighted by Crippen LogP contribution is 2.20. The summed E-state index contributed by atoms with van der Waals surface area (Å²) >= 11 is 0. The van der Waals surface area contributed by atoms with Crippen LogP contribution in [0, 0.1) is 0 Å². The van der Waals surface area contributed by atoms with Crippen LogP contribution in [0.15, 0.2) is 11.2 Å². The Labute approximate surface area is 119 Å². The van der Waals surface area contributed by atoms with Gasteiger partial charge in [-0.2, -0.15) is 9.40 Å². The molecule has 0 unspecified atom stereocenters. The fourth-order valence-corrected chi connectivity index (χ4v) is 3.61.